The fraction of sp³-hybridized carbons (Fsp3) is 0.750. The molecule has 92 valence electrons. The van der Waals surface area contributed by atoms with E-state index in [0.29, 0.717) is 17.9 Å². The summed E-state index contributed by atoms with van der Waals surface area (Å²) in [4.78, 5) is 22.2. The van der Waals surface area contributed by atoms with Crippen LogP contribution in [0.15, 0.2) is 0 Å². The first-order valence-electron chi connectivity index (χ1n) is 4.69. The molecule has 0 radical (unpaired) electrons. The number of nitrogens with zero attached hydrogens (tertiary/aromatic N) is 1. The van der Waals surface area contributed by atoms with Crippen molar-refractivity contribution in [1.82, 2.24) is 10.2 Å². The van der Waals surface area contributed by atoms with E-state index in [9.17, 15) is 22.8 Å². The van der Waals surface area contributed by atoms with Gasteiger partial charge in [-0.05, 0) is 13.0 Å². The minimum Gasteiger partial charge on any atom is -0.368 e. The Hall–Kier alpha value is -1.31. The van der Waals surface area contributed by atoms with Gasteiger partial charge in [-0.3, -0.25) is 9.59 Å². The lowest BCUT2D eigenvalue weighted by Crippen LogP contribution is -2.51. The van der Waals surface area contributed by atoms with Gasteiger partial charge >= 0.3 is 12.1 Å². The zero-order chi connectivity index (χ0) is 12.3. The van der Waals surface area contributed by atoms with Gasteiger partial charge in [0.1, 0.15) is 0 Å². The van der Waals surface area contributed by atoms with Gasteiger partial charge in [0.15, 0.2) is 0 Å². The fourth-order valence-electron chi connectivity index (χ4n) is 1.60. The lowest BCUT2D eigenvalue weighted by atomic mass is 10.2. The van der Waals surface area contributed by atoms with Crippen LogP contribution in [-0.4, -0.2) is 48.6 Å². The molecule has 0 saturated carbocycles. The molecule has 1 aliphatic heterocycles. The lowest BCUT2D eigenvalue weighted by molar-refractivity contribution is -0.187. The smallest absolute Gasteiger partial charge is 0.368 e. The van der Waals surface area contributed by atoms with Crippen molar-refractivity contribution in [3.05, 3.63) is 0 Å². The number of rotatable bonds is 3. The van der Waals surface area contributed by atoms with E-state index in [1.54, 1.807) is 0 Å². The molecule has 0 spiro atoms. The molecule has 1 atom stereocenters. The normalized spacial score (nSPS) is 20.8. The predicted octanol–water partition coefficient (Wildman–Crippen LogP) is -0.776. The van der Waals surface area contributed by atoms with E-state index in [1.807, 2.05) is 0 Å². The highest BCUT2D eigenvalue weighted by molar-refractivity contribution is 5.87. The molecule has 0 aliphatic carbocycles. The van der Waals surface area contributed by atoms with Crippen molar-refractivity contribution < 1.29 is 22.8 Å². The van der Waals surface area contributed by atoms with Gasteiger partial charge in [0, 0.05) is 12.6 Å². The maximum atomic E-state index is 12.2. The van der Waals surface area contributed by atoms with E-state index in [2.05, 4.69) is 5.32 Å². The Labute approximate surface area is 89.8 Å². The zero-order valence-corrected chi connectivity index (χ0v) is 8.38. The second-order valence-corrected chi connectivity index (χ2v) is 3.54. The summed E-state index contributed by atoms with van der Waals surface area (Å²) < 4.78 is 36.7. The molecule has 1 aliphatic rings. The first-order chi connectivity index (χ1) is 7.32. The molecule has 5 nitrogen and oxygen atoms in total. The van der Waals surface area contributed by atoms with E-state index >= 15 is 0 Å². The average molecular weight is 239 g/mol. The van der Waals surface area contributed by atoms with Gasteiger partial charge in [-0.2, -0.15) is 13.2 Å². The minimum absolute atomic E-state index is 0.245. The Kier molecular flexibility index (Phi) is 3.74. The van der Waals surface area contributed by atoms with Crippen LogP contribution >= 0.6 is 0 Å². The summed E-state index contributed by atoms with van der Waals surface area (Å²) in [5, 5.41) is 2.82. The van der Waals surface area contributed by atoms with E-state index < -0.39 is 30.6 Å². The van der Waals surface area contributed by atoms with Gasteiger partial charge in [-0.1, -0.05) is 0 Å². The summed E-state index contributed by atoms with van der Waals surface area (Å²) in [5.74, 6) is -2.97. The Morgan fingerprint density at radius 2 is 2.06 bits per heavy atom. The van der Waals surface area contributed by atoms with Crippen LogP contribution in [0.3, 0.4) is 0 Å². The van der Waals surface area contributed by atoms with Crippen LogP contribution in [0.5, 0.6) is 0 Å². The molecule has 0 aromatic rings. The largest absolute Gasteiger partial charge is 0.471 e. The fourth-order valence-corrected chi connectivity index (χ4v) is 1.60. The van der Waals surface area contributed by atoms with Gasteiger partial charge in [-0.25, -0.2) is 0 Å². The van der Waals surface area contributed by atoms with Crippen molar-refractivity contribution in [2.24, 2.45) is 5.73 Å². The minimum atomic E-state index is -4.97. The highest BCUT2D eigenvalue weighted by Crippen LogP contribution is 2.21. The van der Waals surface area contributed by atoms with Crippen molar-refractivity contribution in [3.63, 3.8) is 0 Å². The third-order valence-electron chi connectivity index (χ3n) is 2.30. The number of nitrogens with two attached hydrogens (primary N) is 1. The van der Waals surface area contributed by atoms with E-state index in [4.69, 9.17) is 5.73 Å². The Morgan fingerprint density at radius 3 is 2.44 bits per heavy atom. The number of carbonyl (C=O) groups is 2. The second-order valence-electron chi connectivity index (χ2n) is 3.54. The number of amides is 2. The third kappa shape index (κ3) is 3.09. The van der Waals surface area contributed by atoms with Gasteiger partial charge in [0.2, 0.25) is 5.91 Å². The number of halogens is 3. The summed E-state index contributed by atoms with van der Waals surface area (Å²) >= 11 is 0. The molecule has 0 aromatic carbocycles. The molecule has 8 heteroatoms. The van der Waals surface area contributed by atoms with Crippen molar-refractivity contribution in [1.29, 1.82) is 0 Å². The highest BCUT2D eigenvalue weighted by atomic mass is 19.4. The number of hydrogen-bond acceptors (Lipinski definition) is 3. The molecule has 1 heterocycles. The number of primary amides is 1. The molecule has 1 unspecified atom stereocenters. The lowest BCUT2D eigenvalue weighted by Gasteiger charge is -2.27. The van der Waals surface area contributed by atoms with Gasteiger partial charge in [0.25, 0.3) is 0 Å². The van der Waals surface area contributed by atoms with Crippen molar-refractivity contribution in [3.8, 4) is 0 Å². The Balaban J connectivity index is 2.77. The number of nitrogens with one attached hydrogen (secondary N) is 1. The van der Waals surface area contributed by atoms with Gasteiger partial charge in [-0.15, -0.1) is 0 Å². The number of carbonyl (C=O) groups excluding carboxylic acids is 2. The molecule has 2 amide bonds. The first-order valence-corrected chi connectivity index (χ1v) is 4.69. The molecule has 1 saturated heterocycles. The molecular weight excluding hydrogens is 227 g/mol. The monoisotopic (exact) mass is 239 g/mol. The Morgan fingerprint density at radius 1 is 1.44 bits per heavy atom. The summed E-state index contributed by atoms with van der Waals surface area (Å²) in [6.07, 6.45) is -4.59. The van der Waals surface area contributed by atoms with Crippen molar-refractivity contribution >= 4 is 11.8 Å². The van der Waals surface area contributed by atoms with Crippen molar-refractivity contribution in [2.45, 2.75) is 18.6 Å². The summed E-state index contributed by atoms with van der Waals surface area (Å²) in [5.41, 5.74) is 4.82. The van der Waals surface area contributed by atoms with Crippen LogP contribution in [0.2, 0.25) is 0 Å². The molecular formula is C8H12F3N3O2. The van der Waals surface area contributed by atoms with Gasteiger partial charge in [0.05, 0.1) is 6.54 Å². The molecule has 16 heavy (non-hydrogen) atoms. The SMILES string of the molecule is NC(=O)CN(C(=O)C(F)(F)F)C1CCNC1. The highest BCUT2D eigenvalue weighted by Gasteiger charge is 2.45. The maximum Gasteiger partial charge on any atom is 0.471 e. The molecule has 1 fully saturated rings. The first kappa shape index (κ1) is 12.8. The number of alkyl halides is 3. The zero-order valence-electron chi connectivity index (χ0n) is 8.38. The van der Waals surface area contributed by atoms with Crippen LogP contribution in [-0.2, 0) is 9.59 Å². The summed E-state index contributed by atoms with van der Waals surface area (Å²) in [6, 6.07) is -0.623. The number of hydrogen-bond donors (Lipinski definition) is 2. The maximum absolute atomic E-state index is 12.2. The summed E-state index contributed by atoms with van der Waals surface area (Å²) in [7, 11) is 0. The van der Waals surface area contributed by atoms with Crippen LogP contribution in [0, 0.1) is 0 Å². The Bertz CT molecular complexity index is 287. The van der Waals surface area contributed by atoms with Crippen LogP contribution in [0.4, 0.5) is 13.2 Å². The topological polar surface area (TPSA) is 75.4 Å². The molecule has 3 N–H and O–H groups in total. The van der Waals surface area contributed by atoms with E-state index in [-0.39, 0.29) is 6.54 Å². The quantitative estimate of drug-likeness (QED) is 0.678. The second kappa shape index (κ2) is 4.69. The van der Waals surface area contributed by atoms with Crippen LogP contribution in [0.1, 0.15) is 6.42 Å². The van der Waals surface area contributed by atoms with Crippen molar-refractivity contribution in [2.75, 3.05) is 19.6 Å². The molecule has 1 rings (SSSR count). The standard InChI is InChI=1S/C8H12F3N3O2/c9-8(10,11)7(16)14(4-6(12)15)5-1-2-13-3-5/h5,13H,1-4H2,(H2,12,15). The molecule has 0 bridgehead atoms. The predicted molar refractivity (Wildman–Crippen MR) is 48.2 cm³/mol. The van der Waals surface area contributed by atoms with Crippen LogP contribution < -0.4 is 11.1 Å². The summed E-state index contributed by atoms with van der Waals surface area (Å²) in [6.45, 7) is 0.0604. The average Bonchev–Trinajstić information content (AvgIpc) is 2.63. The third-order valence-corrected chi connectivity index (χ3v) is 2.30. The van der Waals surface area contributed by atoms with Crippen LogP contribution in [0.25, 0.3) is 0 Å². The van der Waals surface area contributed by atoms with E-state index in [1.165, 1.54) is 0 Å². The van der Waals surface area contributed by atoms with Gasteiger partial charge < -0.3 is 16.0 Å². The molecule has 0 aromatic heterocycles. The van der Waals surface area contributed by atoms with E-state index in [0.717, 1.165) is 0 Å².